The molecule has 0 aliphatic rings. The smallest absolute Gasteiger partial charge is 0.236 e. The molecule has 0 aliphatic carbocycles. The van der Waals surface area contributed by atoms with Crippen LogP contribution in [-0.4, -0.2) is 17.0 Å². The lowest BCUT2D eigenvalue weighted by molar-refractivity contribution is -0.125. The summed E-state index contributed by atoms with van der Waals surface area (Å²) in [5, 5.41) is 0. The predicted octanol–water partition coefficient (Wildman–Crippen LogP) is 5.27. The second-order valence-electron chi connectivity index (χ2n) is 1.85. The highest BCUT2D eigenvalue weighted by atomic mass is 80.0. The van der Waals surface area contributed by atoms with Crippen molar-refractivity contribution in [1.82, 2.24) is 0 Å². The van der Waals surface area contributed by atoms with Crippen LogP contribution < -0.4 is 0 Å². The molecule has 2 unspecified atom stereocenters. The molecule has 2 atom stereocenters. The second kappa shape index (κ2) is 5.86. The summed E-state index contributed by atoms with van der Waals surface area (Å²) in [6, 6.07) is 0. The van der Waals surface area contributed by atoms with Gasteiger partial charge < -0.3 is 4.74 Å². The fraction of sp³-hybridized carbons (Fsp3) is 1.00. The Morgan fingerprint density at radius 1 is 0.769 bits per heavy atom. The molecular formula is C4H2Br6F2O. The lowest BCUT2D eigenvalue weighted by Crippen LogP contribution is -2.32. The molecule has 13 heavy (non-hydrogen) atoms. The van der Waals surface area contributed by atoms with E-state index in [1.807, 2.05) is 0 Å². The first-order chi connectivity index (χ1) is 5.55. The summed E-state index contributed by atoms with van der Waals surface area (Å²) in [4.78, 5) is 0. The number of rotatable bonds is 2. The molecule has 0 fully saturated rings. The first kappa shape index (κ1) is 15.7. The minimum atomic E-state index is -1.91. The molecule has 0 aliphatic heterocycles. The van der Waals surface area contributed by atoms with Crippen LogP contribution >= 0.6 is 95.6 Å². The Labute approximate surface area is 124 Å². The predicted molar refractivity (Wildman–Crippen MR) is 69.9 cm³/mol. The van der Waals surface area contributed by atoms with Gasteiger partial charge in [0.25, 0.3) is 0 Å². The van der Waals surface area contributed by atoms with Crippen molar-refractivity contribution in [3.63, 3.8) is 0 Å². The van der Waals surface area contributed by atoms with Crippen LogP contribution in [0.25, 0.3) is 0 Å². The summed E-state index contributed by atoms with van der Waals surface area (Å²) < 4.78 is 27.8. The van der Waals surface area contributed by atoms with Crippen molar-refractivity contribution in [2.24, 2.45) is 0 Å². The van der Waals surface area contributed by atoms with Crippen molar-refractivity contribution in [3.8, 4) is 0 Å². The minimum absolute atomic E-state index is 1.30. The first-order valence-electron chi connectivity index (χ1n) is 2.62. The Bertz CT molecular complexity index is 147. The molecule has 0 amide bonds. The van der Waals surface area contributed by atoms with E-state index in [0.717, 1.165) is 0 Å². The van der Waals surface area contributed by atoms with E-state index >= 15 is 0 Å². The highest BCUT2D eigenvalue weighted by molar-refractivity contribution is 9.39. The topological polar surface area (TPSA) is 9.23 Å². The lowest BCUT2D eigenvalue weighted by atomic mass is 10.7. The number of hydrogen-bond donors (Lipinski definition) is 0. The maximum absolute atomic E-state index is 13.0. The van der Waals surface area contributed by atoms with Gasteiger partial charge in [-0.2, -0.15) is 0 Å². The molecule has 80 valence electrons. The Balaban J connectivity index is 4.15. The summed E-state index contributed by atoms with van der Waals surface area (Å²) >= 11 is 17.2. The van der Waals surface area contributed by atoms with E-state index in [1.54, 1.807) is 0 Å². The van der Waals surface area contributed by atoms with Gasteiger partial charge in [-0.3, -0.25) is 0 Å². The normalized spacial score (nSPS) is 18.5. The highest BCUT2D eigenvalue weighted by Crippen LogP contribution is 2.44. The molecular weight excluding hydrogens is 581 g/mol. The van der Waals surface area contributed by atoms with Crippen LogP contribution in [0.5, 0.6) is 0 Å². The van der Waals surface area contributed by atoms with Crippen molar-refractivity contribution in [1.29, 1.82) is 0 Å². The van der Waals surface area contributed by atoms with Crippen LogP contribution in [0.1, 0.15) is 0 Å². The first-order valence-corrected chi connectivity index (χ1v) is 7.38. The molecule has 0 bridgehead atoms. The van der Waals surface area contributed by atoms with E-state index in [2.05, 4.69) is 100 Å². The molecule has 0 aromatic carbocycles. The molecule has 0 aromatic rings. The maximum Gasteiger partial charge on any atom is 0.236 e. The van der Waals surface area contributed by atoms with Crippen LogP contribution in [0.3, 0.4) is 0 Å². The van der Waals surface area contributed by atoms with Gasteiger partial charge in [0.15, 0.2) is 4.29 Å². The molecule has 0 saturated heterocycles. The molecule has 1 nitrogen and oxygen atoms in total. The van der Waals surface area contributed by atoms with E-state index in [4.69, 9.17) is 0 Å². The maximum atomic E-state index is 13.0. The molecule has 0 rings (SSSR count). The van der Waals surface area contributed by atoms with Crippen molar-refractivity contribution in [3.05, 3.63) is 0 Å². The number of halogens is 8. The van der Waals surface area contributed by atoms with Crippen LogP contribution in [-0.2, 0) is 4.74 Å². The summed E-state index contributed by atoms with van der Waals surface area (Å²) in [6.45, 7) is 0. The van der Waals surface area contributed by atoms with Crippen molar-refractivity contribution in [2.45, 2.75) is 17.0 Å². The minimum Gasteiger partial charge on any atom is -0.308 e. The fourth-order valence-electron chi connectivity index (χ4n) is 0.259. The Kier molecular flexibility index (Phi) is 7.08. The van der Waals surface area contributed by atoms with Gasteiger partial charge in [0.2, 0.25) is 12.7 Å². The quantitative estimate of drug-likeness (QED) is 0.403. The largest absolute Gasteiger partial charge is 0.308 e. The SMILES string of the molecule is FC(OC(F)C(Br)(Br)Br)C(Br)(Br)Br. The number of hydrogen-bond acceptors (Lipinski definition) is 1. The zero-order chi connectivity index (χ0) is 10.9. The van der Waals surface area contributed by atoms with Crippen molar-refractivity contribution in [2.75, 3.05) is 0 Å². The fourth-order valence-corrected chi connectivity index (χ4v) is 0.907. The Morgan fingerprint density at radius 3 is 1.15 bits per heavy atom. The molecule has 9 heteroatoms. The van der Waals surface area contributed by atoms with Crippen LogP contribution in [0, 0.1) is 0 Å². The molecule has 0 N–H and O–H groups in total. The summed E-state index contributed by atoms with van der Waals surface area (Å²) in [6.07, 6.45) is -3.82. The van der Waals surface area contributed by atoms with Gasteiger partial charge >= 0.3 is 0 Å². The van der Waals surface area contributed by atoms with E-state index in [1.165, 1.54) is 0 Å². The third-order valence-corrected chi connectivity index (χ3v) is 2.91. The van der Waals surface area contributed by atoms with Gasteiger partial charge in [-0.25, -0.2) is 8.78 Å². The van der Waals surface area contributed by atoms with Crippen LogP contribution in [0.15, 0.2) is 0 Å². The van der Waals surface area contributed by atoms with E-state index in [9.17, 15) is 8.78 Å². The lowest BCUT2D eigenvalue weighted by Gasteiger charge is -2.24. The van der Waals surface area contributed by atoms with Gasteiger partial charge in [-0.1, -0.05) is 95.6 Å². The van der Waals surface area contributed by atoms with Gasteiger partial charge in [-0.15, -0.1) is 0 Å². The average Bonchev–Trinajstić information content (AvgIpc) is 1.82. The Hall–Kier alpha value is 2.70. The van der Waals surface area contributed by atoms with Crippen molar-refractivity contribution < 1.29 is 13.5 Å². The average molecular weight is 583 g/mol. The molecule has 0 spiro atoms. The summed E-state index contributed by atoms with van der Waals surface area (Å²) in [7, 11) is 0. The zero-order valence-corrected chi connectivity index (χ0v) is 15.1. The van der Waals surface area contributed by atoms with Gasteiger partial charge in [0.1, 0.15) is 0 Å². The van der Waals surface area contributed by atoms with Gasteiger partial charge in [0, 0.05) is 0 Å². The summed E-state index contributed by atoms with van der Waals surface area (Å²) in [5.74, 6) is 0. The molecule has 0 saturated carbocycles. The summed E-state index contributed by atoms with van der Waals surface area (Å²) in [5.41, 5.74) is 0. The molecule has 0 radical (unpaired) electrons. The second-order valence-corrected chi connectivity index (χ2v) is 15.7. The van der Waals surface area contributed by atoms with E-state index in [0.29, 0.717) is 0 Å². The monoisotopic (exact) mass is 578 g/mol. The standard InChI is InChI=1S/C4H2Br6F2O/c5-3(6,7)1(11)13-2(12)4(8,9)10/h1-2H. The third kappa shape index (κ3) is 6.78. The van der Waals surface area contributed by atoms with Crippen LogP contribution in [0.4, 0.5) is 8.78 Å². The molecule has 0 heterocycles. The highest BCUT2D eigenvalue weighted by Gasteiger charge is 2.40. The van der Waals surface area contributed by atoms with Crippen molar-refractivity contribution >= 4 is 95.6 Å². The number of ether oxygens (including phenoxy) is 1. The Morgan fingerprint density at radius 2 is 1.00 bits per heavy atom. The number of alkyl halides is 8. The third-order valence-electron chi connectivity index (χ3n) is 0.754. The zero-order valence-electron chi connectivity index (χ0n) is 5.59. The molecule has 0 aromatic heterocycles. The van der Waals surface area contributed by atoms with Gasteiger partial charge in [0.05, 0.1) is 0 Å². The van der Waals surface area contributed by atoms with Crippen LogP contribution in [0.2, 0.25) is 0 Å². The van der Waals surface area contributed by atoms with E-state index < -0.39 is 17.0 Å². The van der Waals surface area contributed by atoms with Gasteiger partial charge in [-0.05, 0) is 0 Å². The van der Waals surface area contributed by atoms with E-state index in [-0.39, 0.29) is 0 Å².